The first-order chi connectivity index (χ1) is 9.00. The number of nitrogens with one attached hydrogen (secondary N) is 1. The third-order valence-corrected chi connectivity index (χ3v) is 4.62. The Kier molecular flexibility index (Phi) is 6.65. The second-order valence-corrected chi connectivity index (χ2v) is 6.24. The summed E-state index contributed by atoms with van der Waals surface area (Å²) in [4.78, 5) is 23.2. The van der Waals surface area contributed by atoms with Crippen molar-refractivity contribution in [3.05, 3.63) is 0 Å². The van der Waals surface area contributed by atoms with Gasteiger partial charge in [-0.2, -0.15) is 0 Å². The highest BCUT2D eigenvalue weighted by Gasteiger charge is 2.43. The molecule has 0 spiro atoms. The lowest BCUT2D eigenvalue weighted by atomic mass is 9.71. The van der Waals surface area contributed by atoms with Crippen LogP contribution >= 0.6 is 11.8 Å². The quantitative estimate of drug-likeness (QED) is 0.695. The second kappa shape index (κ2) is 7.75. The highest BCUT2D eigenvalue weighted by molar-refractivity contribution is 7.99. The number of rotatable bonds is 7. The predicted molar refractivity (Wildman–Crippen MR) is 75.3 cm³/mol. The number of hydrogen-bond donors (Lipinski definition) is 2. The highest BCUT2D eigenvalue weighted by atomic mass is 32.2. The molecule has 5 nitrogen and oxygen atoms in total. The van der Waals surface area contributed by atoms with Gasteiger partial charge in [-0.3, -0.25) is 9.59 Å². The number of thioether (sulfide) groups is 1. The van der Waals surface area contributed by atoms with Crippen molar-refractivity contribution in [2.45, 2.75) is 38.6 Å². The average molecular weight is 289 g/mol. The van der Waals surface area contributed by atoms with Gasteiger partial charge in [-0.1, -0.05) is 12.8 Å². The summed E-state index contributed by atoms with van der Waals surface area (Å²) in [7, 11) is 1.63. The molecule has 1 saturated carbocycles. The Hall–Kier alpha value is -0.750. The van der Waals surface area contributed by atoms with Crippen LogP contribution in [0.5, 0.6) is 0 Å². The largest absolute Gasteiger partial charge is 0.481 e. The minimum Gasteiger partial charge on any atom is -0.481 e. The topological polar surface area (TPSA) is 75.6 Å². The number of amides is 1. The number of carbonyl (C=O) groups is 2. The van der Waals surface area contributed by atoms with Crippen LogP contribution in [0.25, 0.3) is 0 Å². The molecule has 0 bridgehead atoms. The van der Waals surface area contributed by atoms with E-state index in [2.05, 4.69) is 5.32 Å². The maximum Gasteiger partial charge on any atom is 0.311 e. The van der Waals surface area contributed by atoms with Crippen LogP contribution in [0.15, 0.2) is 0 Å². The van der Waals surface area contributed by atoms with Crippen LogP contribution in [0, 0.1) is 5.41 Å². The number of methoxy groups -OCH3 is 1. The first-order valence-corrected chi connectivity index (χ1v) is 7.75. The summed E-state index contributed by atoms with van der Waals surface area (Å²) >= 11 is 1.50. The Morgan fingerprint density at radius 2 is 2.21 bits per heavy atom. The summed E-state index contributed by atoms with van der Waals surface area (Å²) in [5, 5.41) is 12.2. The van der Waals surface area contributed by atoms with Crippen LogP contribution in [0.4, 0.5) is 0 Å². The highest BCUT2D eigenvalue weighted by Crippen LogP contribution is 2.36. The van der Waals surface area contributed by atoms with Crippen molar-refractivity contribution in [1.82, 2.24) is 5.32 Å². The summed E-state index contributed by atoms with van der Waals surface area (Å²) in [5.41, 5.74) is -0.828. The smallest absolute Gasteiger partial charge is 0.311 e. The first kappa shape index (κ1) is 16.3. The lowest BCUT2D eigenvalue weighted by molar-refractivity contribution is -0.152. The minimum atomic E-state index is -0.828. The van der Waals surface area contributed by atoms with E-state index in [1.807, 2.05) is 0 Å². The van der Waals surface area contributed by atoms with E-state index in [0.717, 1.165) is 25.0 Å². The van der Waals surface area contributed by atoms with Gasteiger partial charge in [0.15, 0.2) is 0 Å². The third kappa shape index (κ3) is 4.69. The van der Waals surface area contributed by atoms with Crippen molar-refractivity contribution in [3.8, 4) is 0 Å². The molecule has 1 aliphatic carbocycles. The molecular weight excluding hydrogens is 266 g/mol. The van der Waals surface area contributed by atoms with Crippen molar-refractivity contribution in [1.29, 1.82) is 0 Å². The fourth-order valence-electron chi connectivity index (χ4n) is 2.36. The van der Waals surface area contributed by atoms with Crippen molar-refractivity contribution in [3.63, 3.8) is 0 Å². The van der Waals surface area contributed by atoms with Gasteiger partial charge in [0, 0.05) is 18.9 Å². The molecule has 2 N–H and O–H groups in total. The van der Waals surface area contributed by atoms with Gasteiger partial charge < -0.3 is 15.2 Å². The Morgan fingerprint density at radius 1 is 1.47 bits per heavy atom. The minimum absolute atomic E-state index is 0.0829. The van der Waals surface area contributed by atoms with Crippen LogP contribution in [0.3, 0.4) is 0 Å². The van der Waals surface area contributed by atoms with Crippen LogP contribution in [-0.2, 0) is 14.3 Å². The number of aliphatic carboxylic acids is 1. The normalized spacial score (nSPS) is 26.9. The molecule has 6 heteroatoms. The average Bonchev–Trinajstić information content (AvgIpc) is 2.37. The molecule has 1 amide bonds. The van der Waals surface area contributed by atoms with E-state index in [0.29, 0.717) is 18.8 Å². The third-order valence-electron chi connectivity index (χ3n) is 3.70. The summed E-state index contributed by atoms with van der Waals surface area (Å²) in [6.07, 6.45) is 3.27. The molecule has 0 aromatic carbocycles. The van der Waals surface area contributed by atoms with Crippen LogP contribution in [-0.4, -0.2) is 48.2 Å². The summed E-state index contributed by atoms with van der Waals surface area (Å²) < 4.78 is 4.91. The fraction of sp³-hybridized carbons (Fsp3) is 0.846. The first-order valence-electron chi connectivity index (χ1n) is 6.60. The molecular formula is C13H23NO4S. The van der Waals surface area contributed by atoms with E-state index in [1.54, 1.807) is 14.0 Å². The molecule has 0 saturated heterocycles. The summed E-state index contributed by atoms with van der Waals surface area (Å²) in [5.74, 6) is 0.227. The Balaban J connectivity index is 2.44. The molecule has 1 fully saturated rings. The number of carboxylic acid groups (broad SMARTS) is 1. The van der Waals surface area contributed by atoms with Crippen LogP contribution in [0.1, 0.15) is 32.6 Å². The van der Waals surface area contributed by atoms with Crippen LogP contribution < -0.4 is 5.32 Å². The van der Waals surface area contributed by atoms with Gasteiger partial charge in [-0.05, 0) is 19.8 Å². The fourth-order valence-corrected chi connectivity index (χ4v) is 3.06. The molecule has 0 aromatic rings. The molecule has 0 aliphatic heterocycles. The zero-order valence-electron chi connectivity index (χ0n) is 11.6. The van der Waals surface area contributed by atoms with Gasteiger partial charge in [0.05, 0.1) is 17.8 Å². The summed E-state index contributed by atoms with van der Waals surface area (Å²) in [6.45, 7) is 2.35. The van der Waals surface area contributed by atoms with Gasteiger partial charge in [0.25, 0.3) is 0 Å². The molecule has 0 heterocycles. The van der Waals surface area contributed by atoms with E-state index in [9.17, 15) is 14.7 Å². The van der Waals surface area contributed by atoms with Crippen molar-refractivity contribution in [2.75, 3.05) is 25.2 Å². The number of ether oxygens (including phenoxy) is 1. The molecule has 19 heavy (non-hydrogen) atoms. The number of carboxylic acids is 1. The second-order valence-electron chi connectivity index (χ2n) is 5.13. The Morgan fingerprint density at radius 3 is 2.84 bits per heavy atom. The number of hydrogen-bond acceptors (Lipinski definition) is 4. The number of carbonyl (C=O) groups excluding carboxylic acids is 1. The predicted octanol–water partition coefficient (Wildman–Crippen LogP) is 1.52. The standard InChI is InChI=1S/C13H23NO4S/c1-13(12(16)17)6-4-3-5-10(13)14-11(15)9-19-8-7-18-2/h10H,3-9H2,1-2H3,(H,14,15)(H,16,17). The van der Waals surface area contributed by atoms with Crippen LogP contribution in [0.2, 0.25) is 0 Å². The van der Waals surface area contributed by atoms with E-state index >= 15 is 0 Å². The maximum atomic E-state index is 11.8. The molecule has 1 aliphatic rings. The zero-order valence-corrected chi connectivity index (χ0v) is 12.4. The van der Waals surface area contributed by atoms with Crippen molar-refractivity contribution < 1.29 is 19.4 Å². The van der Waals surface area contributed by atoms with Gasteiger partial charge in [0.1, 0.15) is 0 Å². The lowest BCUT2D eigenvalue weighted by Crippen LogP contribution is -2.52. The Labute approximate surface area is 118 Å². The van der Waals surface area contributed by atoms with Gasteiger partial charge in [-0.25, -0.2) is 0 Å². The monoisotopic (exact) mass is 289 g/mol. The van der Waals surface area contributed by atoms with E-state index in [-0.39, 0.29) is 11.9 Å². The van der Waals surface area contributed by atoms with Gasteiger partial charge in [0.2, 0.25) is 5.91 Å². The van der Waals surface area contributed by atoms with E-state index < -0.39 is 11.4 Å². The molecule has 2 unspecified atom stereocenters. The zero-order chi connectivity index (χ0) is 14.3. The molecule has 110 valence electrons. The van der Waals surface area contributed by atoms with Crippen molar-refractivity contribution in [2.24, 2.45) is 5.41 Å². The molecule has 2 atom stereocenters. The van der Waals surface area contributed by atoms with E-state index in [4.69, 9.17) is 4.74 Å². The molecule has 0 radical (unpaired) electrons. The Bertz CT molecular complexity index is 324. The lowest BCUT2D eigenvalue weighted by Gasteiger charge is -2.38. The van der Waals surface area contributed by atoms with E-state index in [1.165, 1.54) is 11.8 Å². The molecule has 1 rings (SSSR count). The summed E-state index contributed by atoms with van der Waals surface area (Å²) in [6, 6.07) is -0.255. The van der Waals surface area contributed by atoms with Gasteiger partial charge >= 0.3 is 5.97 Å². The SMILES string of the molecule is COCCSCC(=O)NC1CCCCC1(C)C(=O)O. The van der Waals surface area contributed by atoms with Gasteiger partial charge in [-0.15, -0.1) is 11.8 Å². The molecule has 0 aromatic heterocycles. The van der Waals surface area contributed by atoms with Crippen molar-refractivity contribution >= 4 is 23.6 Å². The maximum absolute atomic E-state index is 11.8.